The van der Waals surface area contributed by atoms with Crippen molar-refractivity contribution in [1.29, 1.82) is 0 Å². The zero-order valence-corrected chi connectivity index (χ0v) is 36.1. The molecule has 1 aliphatic heterocycles. The molecule has 1 heterocycles. The quantitative estimate of drug-likeness (QED) is 0.0265. The third kappa shape index (κ3) is 28.9. The van der Waals surface area contributed by atoms with Gasteiger partial charge in [0.05, 0.1) is 6.61 Å². The van der Waals surface area contributed by atoms with E-state index in [0.717, 1.165) is 57.8 Å². The normalized spacial score (nSPS) is 20.2. The molecule has 0 aromatic heterocycles. The predicted octanol–water partition coefficient (Wildman–Crippen LogP) is 10.0. The minimum Gasteiger partial charge on any atom is -0.479 e. The first kappa shape index (κ1) is 53.0. The minimum absolute atomic E-state index is 0.187. The van der Waals surface area contributed by atoms with E-state index in [4.69, 9.17) is 18.9 Å². The zero-order chi connectivity index (χ0) is 41.8. The van der Waals surface area contributed by atoms with Crippen molar-refractivity contribution >= 4 is 17.9 Å². The van der Waals surface area contributed by atoms with Gasteiger partial charge in [-0.1, -0.05) is 174 Å². The van der Waals surface area contributed by atoms with Gasteiger partial charge in [-0.05, 0) is 38.5 Å². The molecule has 0 radical (unpaired) electrons. The van der Waals surface area contributed by atoms with Crippen molar-refractivity contribution in [3.05, 3.63) is 12.2 Å². The van der Waals surface area contributed by atoms with E-state index in [1.165, 1.54) is 116 Å². The van der Waals surface area contributed by atoms with Gasteiger partial charge >= 0.3 is 17.9 Å². The number of carboxylic acids is 1. The maximum absolute atomic E-state index is 12.8. The van der Waals surface area contributed by atoms with Crippen molar-refractivity contribution in [3.63, 3.8) is 0 Å². The van der Waals surface area contributed by atoms with Gasteiger partial charge in [-0.2, -0.15) is 0 Å². The summed E-state index contributed by atoms with van der Waals surface area (Å²) in [4.78, 5) is 36.8. The summed E-state index contributed by atoms with van der Waals surface area (Å²) >= 11 is 0. The Bertz CT molecular complexity index is 1000. The average molecular weight is 813 g/mol. The fraction of sp³-hybridized carbons (Fsp3) is 0.891. The van der Waals surface area contributed by atoms with E-state index in [1.807, 2.05) is 0 Å². The maximum atomic E-state index is 12.8. The number of hydrogen-bond acceptors (Lipinski definition) is 10. The van der Waals surface area contributed by atoms with E-state index in [2.05, 4.69) is 26.0 Å². The molecule has 1 aliphatic rings. The van der Waals surface area contributed by atoms with E-state index in [1.54, 1.807) is 0 Å². The molecule has 11 heteroatoms. The van der Waals surface area contributed by atoms with E-state index in [9.17, 15) is 34.8 Å². The molecule has 6 unspecified atom stereocenters. The molecule has 0 saturated carbocycles. The number of aliphatic carboxylic acids is 1. The molecular formula is C46H84O11. The molecule has 6 atom stereocenters. The average Bonchev–Trinajstić information content (AvgIpc) is 3.19. The van der Waals surface area contributed by atoms with Gasteiger partial charge in [0.25, 0.3) is 0 Å². The molecule has 0 aromatic rings. The largest absolute Gasteiger partial charge is 0.479 e. The van der Waals surface area contributed by atoms with Crippen molar-refractivity contribution in [1.82, 2.24) is 0 Å². The number of esters is 2. The molecule has 1 rings (SSSR count). The van der Waals surface area contributed by atoms with Gasteiger partial charge in [-0.25, -0.2) is 4.79 Å². The Morgan fingerprint density at radius 1 is 0.526 bits per heavy atom. The number of aliphatic hydroxyl groups is 3. The van der Waals surface area contributed by atoms with Gasteiger partial charge < -0.3 is 39.4 Å². The van der Waals surface area contributed by atoms with Crippen molar-refractivity contribution < 1.29 is 53.8 Å². The van der Waals surface area contributed by atoms with Crippen LogP contribution in [-0.2, 0) is 33.3 Å². The predicted molar refractivity (Wildman–Crippen MR) is 225 cm³/mol. The number of rotatable bonds is 39. The van der Waals surface area contributed by atoms with Crippen molar-refractivity contribution in [2.45, 2.75) is 250 Å². The summed E-state index contributed by atoms with van der Waals surface area (Å²) < 4.78 is 21.8. The molecule has 57 heavy (non-hydrogen) atoms. The molecule has 0 aliphatic carbocycles. The summed E-state index contributed by atoms with van der Waals surface area (Å²) in [7, 11) is 0. The number of carboxylic acid groups (broad SMARTS) is 1. The Labute approximate surface area is 346 Å². The highest BCUT2D eigenvalue weighted by molar-refractivity contribution is 5.73. The first-order valence-corrected chi connectivity index (χ1v) is 23.2. The molecular weight excluding hydrogens is 728 g/mol. The van der Waals surface area contributed by atoms with Crippen LogP contribution in [-0.4, -0.2) is 88.4 Å². The van der Waals surface area contributed by atoms with Crippen LogP contribution in [0.4, 0.5) is 0 Å². The van der Waals surface area contributed by atoms with E-state index in [0.29, 0.717) is 12.8 Å². The second-order valence-corrected chi connectivity index (χ2v) is 16.3. The maximum Gasteiger partial charge on any atom is 0.335 e. The SMILES string of the molecule is CCCCCCCC/C=C\CCCCCCCC(=O)OCC(COC1OC(C(=O)O)C(O)C(O)C1O)OC(=O)CCCCCCCCCCCCCCCCCC. The lowest BCUT2D eigenvalue weighted by molar-refractivity contribution is -0.298. The van der Waals surface area contributed by atoms with Crippen LogP contribution in [0.5, 0.6) is 0 Å². The number of carbonyl (C=O) groups excluding carboxylic acids is 2. The van der Waals surface area contributed by atoms with Crippen LogP contribution in [0, 0.1) is 0 Å². The van der Waals surface area contributed by atoms with E-state index < -0.39 is 54.7 Å². The van der Waals surface area contributed by atoms with Crippen molar-refractivity contribution in [3.8, 4) is 0 Å². The molecule has 0 amide bonds. The lowest BCUT2D eigenvalue weighted by Gasteiger charge is -2.38. The van der Waals surface area contributed by atoms with Gasteiger partial charge in [0.1, 0.15) is 24.9 Å². The summed E-state index contributed by atoms with van der Waals surface area (Å²) in [5, 5.41) is 39.8. The van der Waals surface area contributed by atoms with Crippen LogP contribution in [0.15, 0.2) is 12.2 Å². The van der Waals surface area contributed by atoms with Crippen molar-refractivity contribution in [2.75, 3.05) is 13.2 Å². The number of ether oxygens (including phenoxy) is 4. The summed E-state index contributed by atoms with van der Waals surface area (Å²) in [6.07, 6.45) is 29.7. The van der Waals surface area contributed by atoms with Gasteiger partial charge in [-0.15, -0.1) is 0 Å². The van der Waals surface area contributed by atoms with Gasteiger partial charge in [0.15, 0.2) is 18.5 Å². The summed E-state index contributed by atoms with van der Waals surface area (Å²) in [6.45, 7) is 3.82. The van der Waals surface area contributed by atoms with Gasteiger partial charge in [0.2, 0.25) is 0 Å². The van der Waals surface area contributed by atoms with Gasteiger partial charge in [-0.3, -0.25) is 9.59 Å². The molecule has 1 saturated heterocycles. The summed E-state index contributed by atoms with van der Waals surface area (Å²) in [6, 6.07) is 0. The Balaban J connectivity index is 2.35. The van der Waals surface area contributed by atoms with Crippen LogP contribution < -0.4 is 0 Å². The highest BCUT2D eigenvalue weighted by Gasteiger charge is 2.47. The highest BCUT2D eigenvalue weighted by atomic mass is 16.7. The molecule has 4 N–H and O–H groups in total. The third-order valence-electron chi connectivity index (χ3n) is 10.9. The second-order valence-electron chi connectivity index (χ2n) is 16.3. The lowest BCUT2D eigenvalue weighted by Crippen LogP contribution is -2.60. The molecule has 0 spiro atoms. The Morgan fingerprint density at radius 3 is 1.37 bits per heavy atom. The third-order valence-corrected chi connectivity index (χ3v) is 10.9. The summed E-state index contributed by atoms with van der Waals surface area (Å²) in [5.41, 5.74) is 0. The number of carbonyl (C=O) groups is 3. The molecule has 1 fully saturated rings. The topological polar surface area (TPSA) is 169 Å². The van der Waals surface area contributed by atoms with Crippen LogP contribution in [0.3, 0.4) is 0 Å². The fourth-order valence-electron chi connectivity index (χ4n) is 7.17. The first-order valence-electron chi connectivity index (χ1n) is 23.2. The number of hydrogen-bond donors (Lipinski definition) is 4. The standard InChI is InChI=1S/C46H84O11/c1-3-5-7-9-11-13-15-17-19-21-23-25-27-29-31-33-35-40(48)56-38(37-55-46-43(51)41(49)42(50)44(57-46)45(52)53)36-54-39(47)34-32-30-28-26-24-22-20-18-16-14-12-10-8-6-4-2/h18,20,38,41-44,46,49-51H,3-17,19,21-37H2,1-2H3,(H,52,53)/b20-18-. The second kappa shape index (κ2) is 37.0. The van der Waals surface area contributed by atoms with Crippen LogP contribution >= 0.6 is 0 Å². The van der Waals surface area contributed by atoms with Gasteiger partial charge in [0, 0.05) is 12.8 Å². The Hall–Kier alpha value is -2.05. The molecule has 11 nitrogen and oxygen atoms in total. The molecule has 0 bridgehead atoms. The zero-order valence-electron chi connectivity index (χ0n) is 36.1. The number of aliphatic hydroxyl groups excluding tert-OH is 3. The van der Waals surface area contributed by atoms with Crippen LogP contribution in [0.1, 0.15) is 213 Å². The molecule has 0 aromatic carbocycles. The monoisotopic (exact) mass is 813 g/mol. The Kier molecular flexibility index (Phi) is 34.4. The molecule has 334 valence electrons. The Morgan fingerprint density at radius 2 is 0.930 bits per heavy atom. The number of allylic oxidation sites excluding steroid dienone is 2. The van der Waals surface area contributed by atoms with Crippen molar-refractivity contribution in [2.24, 2.45) is 0 Å². The lowest BCUT2D eigenvalue weighted by atomic mass is 9.99. The smallest absolute Gasteiger partial charge is 0.335 e. The van der Waals surface area contributed by atoms with E-state index >= 15 is 0 Å². The fourth-order valence-corrected chi connectivity index (χ4v) is 7.17. The minimum atomic E-state index is -1.86. The highest BCUT2D eigenvalue weighted by Crippen LogP contribution is 2.23. The summed E-state index contributed by atoms with van der Waals surface area (Å²) in [5.74, 6) is -2.44. The van der Waals surface area contributed by atoms with E-state index in [-0.39, 0.29) is 26.1 Å². The first-order chi connectivity index (χ1) is 27.7. The van der Waals surface area contributed by atoms with Crippen LogP contribution in [0.25, 0.3) is 0 Å². The number of unbranched alkanes of at least 4 members (excludes halogenated alkanes) is 26. The van der Waals surface area contributed by atoms with Crippen LogP contribution in [0.2, 0.25) is 0 Å².